The maximum absolute atomic E-state index is 13.2. The predicted octanol–water partition coefficient (Wildman–Crippen LogP) is 2.34. The molecule has 4 amide bonds. The molecule has 0 bridgehead atoms. The largest absolute Gasteiger partial charge is 1.00 e. The summed E-state index contributed by atoms with van der Waals surface area (Å²) < 4.78 is 1.80. The topological polar surface area (TPSA) is 74.8 Å². The van der Waals surface area contributed by atoms with E-state index in [1.165, 1.54) is 67.6 Å². The van der Waals surface area contributed by atoms with Gasteiger partial charge in [-0.2, -0.15) is 0 Å². The van der Waals surface area contributed by atoms with Crippen LogP contribution in [0.15, 0.2) is 72.8 Å². The second kappa shape index (κ2) is 19.6. The highest BCUT2D eigenvalue weighted by atomic mass is 79.9. The molecule has 0 aromatic heterocycles. The van der Waals surface area contributed by atoms with Gasteiger partial charge in [0.1, 0.15) is 0 Å². The first kappa shape index (κ1) is 44.3. The van der Waals surface area contributed by atoms with Crippen LogP contribution >= 0.6 is 0 Å². The van der Waals surface area contributed by atoms with Crippen LogP contribution in [0.2, 0.25) is 0 Å². The Morgan fingerprint density at radius 3 is 0.927 bits per heavy atom. The third kappa shape index (κ3) is 10.5. The predicted molar refractivity (Wildman–Crippen MR) is 213 cm³/mol. The van der Waals surface area contributed by atoms with E-state index in [2.05, 4.69) is 28.2 Å². The van der Waals surface area contributed by atoms with E-state index >= 15 is 0 Å². The summed E-state index contributed by atoms with van der Waals surface area (Å²) in [6.45, 7) is 4.99. The Balaban J connectivity index is 0.00000336. The second-order valence-corrected chi connectivity index (χ2v) is 16.6. The second-order valence-electron chi connectivity index (χ2n) is 16.6. The number of quaternary nitrogens is 2. The van der Waals surface area contributed by atoms with E-state index in [-0.39, 0.29) is 57.6 Å². The van der Waals surface area contributed by atoms with Crippen molar-refractivity contribution in [3.8, 4) is 0 Å². The number of benzene rings is 4. The highest BCUT2D eigenvalue weighted by molar-refractivity contribution is 6.26. The van der Waals surface area contributed by atoms with Gasteiger partial charge in [-0.3, -0.25) is 29.0 Å². The molecule has 296 valence electrons. The smallest absolute Gasteiger partial charge is 0.261 e. The van der Waals surface area contributed by atoms with Gasteiger partial charge in [-0.1, -0.05) is 80.6 Å². The molecule has 0 unspecified atom stereocenters. The van der Waals surface area contributed by atoms with Gasteiger partial charge in [0.2, 0.25) is 0 Å². The van der Waals surface area contributed by atoms with Crippen molar-refractivity contribution < 1.29 is 62.1 Å². The quantitative estimate of drug-likeness (QED) is 0.0778. The molecule has 0 spiro atoms. The van der Waals surface area contributed by atoms with E-state index in [1.807, 2.05) is 72.8 Å². The zero-order valence-corrected chi connectivity index (χ0v) is 36.3. The van der Waals surface area contributed by atoms with E-state index in [4.69, 9.17) is 0 Å². The van der Waals surface area contributed by atoms with Crippen LogP contribution in [-0.2, 0) is 0 Å². The first-order chi connectivity index (χ1) is 25.5. The lowest BCUT2D eigenvalue weighted by molar-refractivity contribution is -0.890. The minimum absolute atomic E-state index is 0. The van der Waals surface area contributed by atoms with Crippen LogP contribution < -0.4 is 34.0 Å². The number of nitrogens with zero attached hydrogens (tertiary/aromatic N) is 4. The van der Waals surface area contributed by atoms with Crippen molar-refractivity contribution in [2.24, 2.45) is 0 Å². The van der Waals surface area contributed by atoms with Crippen LogP contribution in [0.5, 0.6) is 0 Å². The highest BCUT2D eigenvalue weighted by Crippen LogP contribution is 2.31. The van der Waals surface area contributed by atoms with Crippen LogP contribution in [-0.4, -0.2) is 110 Å². The summed E-state index contributed by atoms with van der Waals surface area (Å²) in [5.74, 6) is -0.680. The molecule has 2 aliphatic rings. The molecule has 0 radical (unpaired) electrons. The Bertz CT molecular complexity index is 1750. The zero-order valence-electron chi connectivity index (χ0n) is 33.1. The average molecular weight is 879 g/mol. The molecule has 4 aromatic carbocycles. The van der Waals surface area contributed by atoms with Crippen LogP contribution in [0, 0.1) is 0 Å². The first-order valence-electron chi connectivity index (χ1n) is 19.9. The number of rotatable bonds is 20. The van der Waals surface area contributed by atoms with E-state index in [9.17, 15) is 19.2 Å². The molecule has 6 rings (SSSR count). The van der Waals surface area contributed by atoms with Crippen molar-refractivity contribution in [3.05, 3.63) is 95.1 Å². The molecular formula is C45H58Br2N4O4. The number of amides is 4. The highest BCUT2D eigenvalue weighted by Gasteiger charge is 2.34. The molecule has 55 heavy (non-hydrogen) atoms. The Morgan fingerprint density at radius 1 is 0.382 bits per heavy atom. The average Bonchev–Trinajstić information content (AvgIpc) is 3.14. The van der Waals surface area contributed by atoms with Crippen LogP contribution in [0.3, 0.4) is 0 Å². The minimum atomic E-state index is -0.170. The molecule has 2 heterocycles. The van der Waals surface area contributed by atoms with Crippen molar-refractivity contribution in [2.75, 3.05) is 67.5 Å². The molecule has 4 aromatic rings. The molecule has 0 N–H and O–H groups in total. The third-order valence-electron chi connectivity index (χ3n) is 11.5. The lowest BCUT2D eigenvalue weighted by Gasteiger charge is -2.32. The number of imide groups is 2. The summed E-state index contributed by atoms with van der Waals surface area (Å²) in [6, 6.07) is 22.8. The molecule has 10 heteroatoms. The van der Waals surface area contributed by atoms with Gasteiger partial charge in [-0.25, -0.2) is 0 Å². The number of halogens is 2. The molecule has 0 saturated heterocycles. The van der Waals surface area contributed by atoms with Gasteiger partial charge in [0.15, 0.2) is 0 Å². The van der Waals surface area contributed by atoms with E-state index in [0.717, 1.165) is 69.5 Å². The Kier molecular flexibility index (Phi) is 15.8. The summed E-state index contributed by atoms with van der Waals surface area (Å²) in [7, 11) is 9.02. The molecular weight excluding hydrogens is 820 g/mol. The van der Waals surface area contributed by atoms with Crippen molar-refractivity contribution in [2.45, 2.75) is 70.6 Å². The number of unbranched alkanes of at least 4 members (excludes halogenated alkanes) is 8. The van der Waals surface area contributed by atoms with Crippen LogP contribution in [0.4, 0.5) is 0 Å². The summed E-state index contributed by atoms with van der Waals surface area (Å²) in [5, 5.41) is 3.47. The standard InChI is InChI=1S/C45H58N4O4.2BrH/c1-48(2,32-18-28-46-42(50)36-24-14-20-34-21-15-25-37(40(34)36)43(46)51)30-12-10-8-6-5-7-9-11-13-31-49(3,4)33-19-29-47-44(52)38-26-16-22-35-23-17-27-39(41(35)38)45(47)53;;/h14-17,20-27H,5-13,18-19,28-33H2,1-4H3;2*1H/q+2;;/p-2. The fourth-order valence-electron chi connectivity index (χ4n) is 8.42. The summed E-state index contributed by atoms with van der Waals surface area (Å²) in [4.78, 5) is 55.7. The summed E-state index contributed by atoms with van der Waals surface area (Å²) in [5.41, 5.74) is 2.54. The van der Waals surface area contributed by atoms with Gasteiger partial charge < -0.3 is 42.9 Å². The van der Waals surface area contributed by atoms with Gasteiger partial charge >= 0.3 is 0 Å². The molecule has 0 atom stereocenters. The van der Waals surface area contributed by atoms with Gasteiger partial charge in [0, 0.05) is 59.0 Å². The normalized spacial score (nSPS) is 14.1. The number of hydrogen-bond donors (Lipinski definition) is 0. The van der Waals surface area contributed by atoms with Crippen molar-refractivity contribution in [1.29, 1.82) is 0 Å². The van der Waals surface area contributed by atoms with E-state index < -0.39 is 0 Å². The SMILES string of the molecule is C[N+](C)(CCCCCCCCCCC[N+](C)(C)CCCN1C(=O)c2cccc3cccc(c23)C1=O)CCCN1C(=O)c2cccc3cccc(c23)C1=O.[Br-].[Br-]. The molecule has 8 nitrogen and oxygen atoms in total. The minimum Gasteiger partial charge on any atom is -1.00 e. The maximum atomic E-state index is 13.2. The lowest BCUT2D eigenvalue weighted by atomic mass is 9.94. The van der Waals surface area contributed by atoms with E-state index in [0.29, 0.717) is 35.3 Å². The third-order valence-corrected chi connectivity index (χ3v) is 11.5. The molecule has 0 saturated carbocycles. The van der Waals surface area contributed by atoms with Crippen LogP contribution in [0.25, 0.3) is 21.5 Å². The maximum Gasteiger partial charge on any atom is 0.261 e. The van der Waals surface area contributed by atoms with Gasteiger partial charge in [0.05, 0.1) is 54.4 Å². The number of carbonyl (C=O) groups excluding carboxylic acids is 4. The Morgan fingerprint density at radius 2 is 0.636 bits per heavy atom. The lowest BCUT2D eigenvalue weighted by Crippen LogP contribution is -3.00. The molecule has 2 aliphatic heterocycles. The van der Waals surface area contributed by atoms with Gasteiger partial charge in [-0.15, -0.1) is 0 Å². The van der Waals surface area contributed by atoms with Crippen molar-refractivity contribution in [1.82, 2.24) is 9.80 Å². The summed E-state index contributed by atoms with van der Waals surface area (Å²) in [6.07, 6.45) is 12.9. The summed E-state index contributed by atoms with van der Waals surface area (Å²) >= 11 is 0. The van der Waals surface area contributed by atoms with E-state index in [1.54, 1.807) is 0 Å². The first-order valence-corrected chi connectivity index (χ1v) is 19.9. The monoisotopic (exact) mass is 876 g/mol. The number of carbonyl (C=O) groups is 4. The fourth-order valence-corrected chi connectivity index (χ4v) is 8.42. The van der Waals surface area contributed by atoms with Gasteiger partial charge in [0.25, 0.3) is 23.6 Å². The van der Waals surface area contributed by atoms with Crippen LogP contribution in [0.1, 0.15) is 112 Å². The molecule has 0 aliphatic carbocycles. The Hall–Kier alpha value is -3.44. The Labute approximate surface area is 348 Å². The van der Waals surface area contributed by atoms with Crippen molar-refractivity contribution >= 4 is 45.2 Å². The fraction of sp³-hybridized carbons (Fsp3) is 0.467. The zero-order chi connectivity index (χ0) is 37.6. The number of hydrogen-bond acceptors (Lipinski definition) is 4. The van der Waals surface area contributed by atoms with Crippen molar-refractivity contribution in [3.63, 3.8) is 0 Å². The molecule has 0 fully saturated rings. The van der Waals surface area contributed by atoms with Gasteiger partial charge in [-0.05, 0) is 60.7 Å².